The summed E-state index contributed by atoms with van der Waals surface area (Å²) in [6.45, 7) is 0.670. The lowest BCUT2D eigenvalue weighted by atomic mass is 10.1. The molecule has 2 amide bonds. The quantitative estimate of drug-likeness (QED) is 0.637. The van der Waals surface area contributed by atoms with Crippen LogP contribution in [0.1, 0.15) is 5.56 Å². The monoisotopic (exact) mass is 282 g/mol. The number of methoxy groups -OCH3 is 1. The molecule has 1 aromatic rings. The van der Waals surface area contributed by atoms with E-state index in [2.05, 4.69) is 5.32 Å². The van der Waals surface area contributed by atoms with E-state index in [1.807, 2.05) is 24.3 Å². The Kier molecular flexibility index (Phi) is 7.46. The van der Waals surface area contributed by atoms with Crippen molar-refractivity contribution in [2.75, 3.05) is 40.0 Å². The summed E-state index contributed by atoms with van der Waals surface area (Å²) in [4.78, 5) is 13.2. The summed E-state index contributed by atoms with van der Waals surface area (Å²) >= 11 is 0. The van der Waals surface area contributed by atoms with E-state index in [4.69, 9.17) is 14.9 Å². The number of ether oxygens (including phenoxy) is 1. The second-order valence-corrected chi connectivity index (χ2v) is 4.27. The van der Waals surface area contributed by atoms with Gasteiger partial charge in [-0.25, -0.2) is 4.79 Å². The van der Waals surface area contributed by atoms with E-state index in [1.54, 1.807) is 7.11 Å². The summed E-state index contributed by atoms with van der Waals surface area (Å²) in [6.07, 6.45) is 0.690. The van der Waals surface area contributed by atoms with Crippen molar-refractivity contribution in [3.8, 4) is 5.75 Å². The zero-order valence-corrected chi connectivity index (χ0v) is 11.7. The first-order chi connectivity index (χ1) is 9.71. The van der Waals surface area contributed by atoms with Gasteiger partial charge in [-0.05, 0) is 24.1 Å². The highest BCUT2D eigenvalue weighted by Gasteiger charge is 2.11. The lowest BCUT2D eigenvalue weighted by Crippen LogP contribution is -2.43. The van der Waals surface area contributed by atoms with Gasteiger partial charge in [-0.1, -0.05) is 12.1 Å². The molecule has 0 aliphatic rings. The standard InChI is InChI=1S/C14H22N2O4/c1-20-13-4-2-3-12(11-13)5-6-15-14(19)16(7-9-17)8-10-18/h2-4,11,17-18H,5-10H2,1H3,(H,15,19). The maximum absolute atomic E-state index is 11.8. The van der Waals surface area contributed by atoms with E-state index in [-0.39, 0.29) is 32.3 Å². The number of urea groups is 1. The highest BCUT2D eigenvalue weighted by atomic mass is 16.5. The topological polar surface area (TPSA) is 82.0 Å². The highest BCUT2D eigenvalue weighted by molar-refractivity contribution is 5.74. The van der Waals surface area contributed by atoms with E-state index < -0.39 is 0 Å². The van der Waals surface area contributed by atoms with Gasteiger partial charge < -0.3 is 25.2 Å². The van der Waals surface area contributed by atoms with Gasteiger partial charge in [0.1, 0.15) is 5.75 Å². The van der Waals surface area contributed by atoms with Gasteiger partial charge in [0.25, 0.3) is 0 Å². The second kappa shape index (κ2) is 9.17. The number of hydrogen-bond acceptors (Lipinski definition) is 4. The maximum Gasteiger partial charge on any atom is 0.317 e. The first-order valence-electron chi connectivity index (χ1n) is 6.58. The summed E-state index contributed by atoms with van der Waals surface area (Å²) in [6, 6.07) is 7.38. The molecule has 1 rings (SSSR count). The van der Waals surface area contributed by atoms with Gasteiger partial charge in [-0.3, -0.25) is 0 Å². The van der Waals surface area contributed by atoms with Gasteiger partial charge in [-0.15, -0.1) is 0 Å². The van der Waals surface area contributed by atoms with Crippen molar-refractivity contribution < 1.29 is 19.7 Å². The molecule has 0 aromatic heterocycles. The van der Waals surface area contributed by atoms with Gasteiger partial charge in [-0.2, -0.15) is 0 Å². The highest BCUT2D eigenvalue weighted by Crippen LogP contribution is 2.12. The van der Waals surface area contributed by atoms with Crippen LogP contribution >= 0.6 is 0 Å². The number of amides is 2. The summed E-state index contributed by atoms with van der Waals surface area (Å²) in [7, 11) is 1.61. The van der Waals surface area contributed by atoms with Crippen molar-refractivity contribution in [3.05, 3.63) is 29.8 Å². The molecule has 0 fully saturated rings. The maximum atomic E-state index is 11.8. The second-order valence-electron chi connectivity index (χ2n) is 4.27. The van der Waals surface area contributed by atoms with Crippen LogP contribution in [0.2, 0.25) is 0 Å². The Balaban J connectivity index is 2.39. The zero-order chi connectivity index (χ0) is 14.8. The molecule has 0 radical (unpaired) electrons. The molecule has 20 heavy (non-hydrogen) atoms. The van der Waals surface area contributed by atoms with Crippen molar-refractivity contribution >= 4 is 6.03 Å². The smallest absolute Gasteiger partial charge is 0.317 e. The molecule has 0 aliphatic carbocycles. The van der Waals surface area contributed by atoms with Crippen LogP contribution in [-0.2, 0) is 6.42 Å². The van der Waals surface area contributed by atoms with Gasteiger partial charge in [0.2, 0.25) is 0 Å². The molecule has 0 bridgehead atoms. The molecule has 0 saturated carbocycles. The van der Waals surface area contributed by atoms with E-state index in [0.717, 1.165) is 11.3 Å². The van der Waals surface area contributed by atoms with Crippen molar-refractivity contribution in [3.63, 3.8) is 0 Å². The zero-order valence-electron chi connectivity index (χ0n) is 11.7. The Morgan fingerprint density at radius 3 is 2.60 bits per heavy atom. The van der Waals surface area contributed by atoms with E-state index in [0.29, 0.717) is 13.0 Å². The van der Waals surface area contributed by atoms with Crippen molar-refractivity contribution in [2.45, 2.75) is 6.42 Å². The number of nitrogens with zero attached hydrogens (tertiary/aromatic N) is 1. The molecule has 0 atom stereocenters. The van der Waals surface area contributed by atoms with Crippen LogP contribution < -0.4 is 10.1 Å². The normalized spacial score (nSPS) is 10.2. The van der Waals surface area contributed by atoms with Gasteiger partial charge in [0, 0.05) is 19.6 Å². The number of aliphatic hydroxyl groups is 2. The van der Waals surface area contributed by atoms with E-state index in [1.165, 1.54) is 4.90 Å². The number of aliphatic hydroxyl groups excluding tert-OH is 2. The number of carbonyl (C=O) groups is 1. The lowest BCUT2D eigenvalue weighted by Gasteiger charge is -2.21. The number of rotatable bonds is 8. The van der Waals surface area contributed by atoms with Crippen LogP contribution in [0.3, 0.4) is 0 Å². The molecule has 3 N–H and O–H groups in total. The summed E-state index contributed by atoms with van der Waals surface area (Å²) in [5.41, 5.74) is 1.07. The SMILES string of the molecule is COc1cccc(CCNC(=O)N(CCO)CCO)c1. The average molecular weight is 282 g/mol. The van der Waals surface area contributed by atoms with E-state index >= 15 is 0 Å². The third-order valence-corrected chi connectivity index (χ3v) is 2.85. The molecule has 1 aromatic carbocycles. The minimum Gasteiger partial charge on any atom is -0.497 e. The Bertz CT molecular complexity index is 406. The Labute approximate surface area is 119 Å². The number of hydrogen-bond donors (Lipinski definition) is 3. The van der Waals surface area contributed by atoms with Crippen LogP contribution in [0, 0.1) is 0 Å². The van der Waals surface area contributed by atoms with Gasteiger partial charge in [0.15, 0.2) is 0 Å². The minimum atomic E-state index is -0.281. The fraction of sp³-hybridized carbons (Fsp3) is 0.500. The Hall–Kier alpha value is -1.79. The molecule has 6 heteroatoms. The molecule has 0 heterocycles. The van der Waals surface area contributed by atoms with Crippen LogP contribution in [0.5, 0.6) is 5.75 Å². The number of benzene rings is 1. The summed E-state index contributed by atoms with van der Waals surface area (Å²) in [5, 5.41) is 20.5. The first kappa shape index (κ1) is 16.3. The molecular weight excluding hydrogens is 260 g/mol. The van der Waals surface area contributed by atoms with Crippen LogP contribution in [0.25, 0.3) is 0 Å². The van der Waals surface area contributed by atoms with Crippen molar-refractivity contribution in [1.29, 1.82) is 0 Å². The molecule has 6 nitrogen and oxygen atoms in total. The van der Waals surface area contributed by atoms with Gasteiger partial charge in [0.05, 0.1) is 20.3 Å². The average Bonchev–Trinajstić information content (AvgIpc) is 2.47. The Morgan fingerprint density at radius 2 is 2.00 bits per heavy atom. The molecule has 112 valence electrons. The van der Waals surface area contributed by atoms with E-state index in [9.17, 15) is 4.79 Å². The summed E-state index contributed by atoms with van der Waals surface area (Å²) < 4.78 is 5.13. The third-order valence-electron chi connectivity index (χ3n) is 2.85. The van der Waals surface area contributed by atoms with Crippen LogP contribution in [-0.4, -0.2) is 61.1 Å². The minimum absolute atomic E-state index is 0.122. The predicted molar refractivity (Wildman–Crippen MR) is 75.8 cm³/mol. The largest absolute Gasteiger partial charge is 0.497 e. The molecule has 0 aliphatic heterocycles. The molecule has 0 unspecified atom stereocenters. The van der Waals surface area contributed by atoms with Gasteiger partial charge >= 0.3 is 6.03 Å². The van der Waals surface area contributed by atoms with Crippen molar-refractivity contribution in [1.82, 2.24) is 10.2 Å². The molecule has 0 saturated heterocycles. The molecular formula is C14H22N2O4. The first-order valence-corrected chi connectivity index (χ1v) is 6.58. The lowest BCUT2D eigenvalue weighted by molar-refractivity contribution is 0.158. The fourth-order valence-corrected chi connectivity index (χ4v) is 1.81. The third kappa shape index (κ3) is 5.46. The Morgan fingerprint density at radius 1 is 1.30 bits per heavy atom. The summed E-state index contributed by atoms with van der Waals surface area (Å²) in [5.74, 6) is 0.788. The predicted octanol–water partition coefficient (Wildman–Crippen LogP) is 0.234. The van der Waals surface area contributed by atoms with Crippen molar-refractivity contribution in [2.24, 2.45) is 0 Å². The van der Waals surface area contributed by atoms with Crippen LogP contribution in [0.15, 0.2) is 24.3 Å². The number of carbonyl (C=O) groups excluding carboxylic acids is 1. The van der Waals surface area contributed by atoms with Crippen LogP contribution in [0.4, 0.5) is 4.79 Å². The molecule has 0 spiro atoms. The number of nitrogens with one attached hydrogen (secondary N) is 1. The fourth-order valence-electron chi connectivity index (χ4n) is 1.81.